The number of unbranched alkanes of at least 4 members (excludes halogenated alkanes) is 14. The summed E-state index contributed by atoms with van der Waals surface area (Å²) in [4.78, 5) is 11.9. The Balaban J connectivity index is 3.28. The summed E-state index contributed by atoms with van der Waals surface area (Å²) in [5.74, 6) is 1.24. The summed E-state index contributed by atoms with van der Waals surface area (Å²) in [7, 11) is 0. The van der Waals surface area contributed by atoms with Gasteiger partial charge in [0.2, 0.25) is 0 Å². The fourth-order valence-electron chi connectivity index (χ4n) is 4.31. The maximum Gasteiger partial charge on any atom is 0.305 e. The van der Waals surface area contributed by atoms with Crippen LogP contribution in [0.3, 0.4) is 0 Å². The van der Waals surface area contributed by atoms with E-state index in [4.69, 9.17) is 4.74 Å². The Hall–Kier alpha value is -0.530. The molecule has 0 saturated carbocycles. The number of hydrogen-bond donors (Lipinski definition) is 0. The molecule has 0 aliphatic rings. The third kappa shape index (κ3) is 22.0. The molecule has 2 heteroatoms. The highest BCUT2D eigenvalue weighted by Crippen LogP contribution is 2.17. The molecule has 0 fully saturated rings. The summed E-state index contributed by atoms with van der Waals surface area (Å²) in [6.07, 6.45) is 24.6. The van der Waals surface area contributed by atoms with Crippen molar-refractivity contribution >= 4 is 5.97 Å². The van der Waals surface area contributed by atoms with E-state index in [-0.39, 0.29) is 5.97 Å². The summed E-state index contributed by atoms with van der Waals surface area (Å²) in [5, 5.41) is 0. The van der Waals surface area contributed by atoms with Gasteiger partial charge >= 0.3 is 5.97 Å². The highest BCUT2D eigenvalue weighted by Gasteiger charge is 2.11. The van der Waals surface area contributed by atoms with E-state index in [1.54, 1.807) is 0 Å². The van der Waals surface area contributed by atoms with Crippen LogP contribution in [0.1, 0.15) is 150 Å². The Morgan fingerprint density at radius 2 is 1.07 bits per heavy atom. The number of carbonyl (C=O) groups excluding carboxylic acids is 1. The lowest BCUT2D eigenvalue weighted by Gasteiger charge is -2.16. The van der Waals surface area contributed by atoms with Gasteiger partial charge in [0.25, 0.3) is 0 Å². The van der Waals surface area contributed by atoms with Crippen LogP contribution in [-0.4, -0.2) is 12.6 Å². The second-order valence-corrected chi connectivity index (χ2v) is 9.62. The molecule has 174 valence electrons. The number of esters is 1. The molecule has 0 aliphatic heterocycles. The molecule has 0 spiro atoms. The fraction of sp³-hybridized carbons (Fsp3) is 0.963. The van der Waals surface area contributed by atoms with Crippen molar-refractivity contribution < 1.29 is 9.53 Å². The van der Waals surface area contributed by atoms with Crippen LogP contribution >= 0.6 is 0 Å². The summed E-state index contributed by atoms with van der Waals surface area (Å²) in [6.45, 7) is 9.63. The number of rotatable bonds is 22. The van der Waals surface area contributed by atoms with Gasteiger partial charge in [-0.05, 0) is 24.7 Å². The zero-order valence-electron chi connectivity index (χ0n) is 20.6. The quantitative estimate of drug-likeness (QED) is 0.131. The van der Waals surface area contributed by atoms with Crippen molar-refractivity contribution in [3.63, 3.8) is 0 Å². The second-order valence-electron chi connectivity index (χ2n) is 9.62. The van der Waals surface area contributed by atoms with Gasteiger partial charge < -0.3 is 4.74 Å². The first-order valence-electron chi connectivity index (χ1n) is 13.3. The molecule has 0 aromatic heterocycles. The molecule has 0 amide bonds. The van der Waals surface area contributed by atoms with Crippen molar-refractivity contribution in [1.82, 2.24) is 0 Å². The molecule has 2 unspecified atom stereocenters. The molecule has 0 heterocycles. The zero-order valence-corrected chi connectivity index (χ0v) is 20.6. The summed E-state index contributed by atoms with van der Waals surface area (Å²) < 4.78 is 5.46. The average Bonchev–Trinajstić information content (AvgIpc) is 2.69. The summed E-state index contributed by atoms with van der Waals surface area (Å²) in [6, 6.07) is 0. The first kappa shape index (κ1) is 28.5. The topological polar surface area (TPSA) is 26.3 Å². The Bertz CT molecular complexity index is 339. The van der Waals surface area contributed by atoms with Crippen LogP contribution in [0.4, 0.5) is 0 Å². The molecule has 0 aromatic rings. The zero-order chi connectivity index (χ0) is 21.6. The molecule has 29 heavy (non-hydrogen) atoms. The van der Waals surface area contributed by atoms with Crippen molar-refractivity contribution in [3.8, 4) is 0 Å². The molecule has 2 atom stereocenters. The molecule has 2 nitrogen and oxygen atoms in total. The average molecular weight is 411 g/mol. The van der Waals surface area contributed by atoms with E-state index in [1.807, 2.05) is 0 Å². The molecule has 0 bridgehead atoms. The van der Waals surface area contributed by atoms with Crippen LogP contribution in [0.25, 0.3) is 0 Å². The molecule has 0 aromatic carbocycles. The van der Waals surface area contributed by atoms with E-state index >= 15 is 0 Å². The van der Waals surface area contributed by atoms with Crippen LogP contribution in [0.15, 0.2) is 0 Å². The smallest absolute Gasteiger partial charge is 0.305 e. The normalized spacial score (nSPS) is 13.4. The van der Waals surface area contributed by atoms with Gasteiger partial charge in [0, 0.05) is 6.42 Å². The first-order chi connectivity index (χ1) is 14.1. The van der Waals surface area contributed by atoms with Crippen molar-refractivity contribution in [2.24, 2.45) is 11.8 Å². The van der Waals surface area contributed by atoms with Crippen molar-refractivity contribution in [3.05, 3.63) is 0 Å². The molecule has 0 radical (unpaired) electrons. The number of ether oxygens (including phenoxy) is 1. The predicted octanol–water partition coefficient (Wildman–Crippen LogP) is 9.25. The molecule has 0 aliphatic carbocycles. The van der Waals surface area contributed by atoms with E-state index < -0.39 is 0 Å². The van der Waals surface area contributed by atoms with Gasteiger partial charge in [-0.1, -0.05) is 130 Å². The van der Waals surface area contributed by atoms with Crippen molar-refractivity contribution in [2.45, 2.75) is 150 Å². The Kier molecular flexibility index (Phi) is 21.8. The van der Waals surface area contributed by atoms with E-state index in [1.165, 1.54) is 109 Å². The van der Waals surface area contributed by atoms with Gasteiger partial charge in [-0.2, -0.15) is 0 Å². The van der Waals surface area contributed by atoms with Gasteiger partial charge in [-0.25, -0.2) is 0 Å². The molecule has 0 N–H and O–H groups in total. The van der Waals surface area contributed by atoms with Gasteiger partial charge in [-0.15, -0.1) is 0 Å². The fourth-order valence-corrected chi connectivity index (χ4v) is 4.31. The first-order valence-corrected chi connectivity index (χ1v) is 13.3. The maximum atomic E-state index is 11.9. The largest absolute Gasteiger partial charge is 0.465 e. The molecular formula is C27H54O2. The van der Waals surface area contributed by atoms with E-state index in [9.17, 15) is 4.79 Å². The minimum absolute atomic E-state index is 0.00897. The molecule has 0 rings (SSSR count). The predicted molar refractivity (Wildman–Crippen MR) is 128 cm³/mol. The standard InChI is InChI=1S/C27H54O2/c1-5-7-8-9-10-11-12-13-14-15-16-17-18-19-20-22-27(28)29-24-26(4)23-25(3)21-6-2/h25-26H,5-24H2,1-4H3. The SMILES string of the molecule is CCCCCCCCCCCCCCCCCC(=O)OCC(C)CC(C)CCC. The third-order valence-electron chi connectivity index (χ3n) is 6.10. The minimum atomic E-state index is 0.00897. The summed E-state index contributed by atoms with van der Waals surface area (Å²) in [5.41, 5.74) is 0. The lowest BCUT2D eigenvalue weighted by Crippen LogP contribution is -2.14. The van der Waals surface area contributed by atoms with Crippen LogP contribution < -0.4 is 0 Å². The molecular weight excluding hydrogens is 356 g/mol. The third-order valence-corrected chi connectivity index (χ3v) is 6.10. The van der Waals surface area contributed by atoms with Crippen LogP contribution in [0, 0.1) is 11.8 Å². The highest BCUT2D eigenvalue weighted by atomic mass is 16.5. The van der Waals surface area contributed by atoms with Gasteiger partial charge in [0.05, 0.1) is 6.61 Å². The number of carbonyl (C=O) groups is 1. The van der Waals surface area contributed by atoms with Gasteiger partial charge in [0.15, 0.2) is 0 Å². The van der Waals surface area contributed by atoms with Crippen molar-refractivity contribution in [2.75, 3.05) is 6.61 Å². The maximum absolute atomic E-state index is 11.9. The Morgan fingerprint density at radius 1 is 0.621 bits per heavy atom. The van der Waals surface area contributed by atoms with E-state index in [0.717, 1.165) is 12.3 Å². The molecule has 0 saturated heterocycles. The van der Waals surface area contributed by atoms with Crippen molar-refractivity contribution in [1.29, 1.82) is 0 Å². The Morgan fingerprint density at radius 3 is 1.52 bits per heavy atom. The van der Waals surface area contributed by atoms with Gasteiger partial charge in [-0.3, -0.25) is 4.79 Å². The van der Waals surface area contributed by atoms with E-state index in [2.05, 4.69) is 27.7 Å². The van der Waals surface area contributed by atoms with Crippen LogP contribution in [0.5, 0.6) is 0 Å². The number of hydrogen-bond acceptors (Lipinski definition) is 2. The van der Waals surface area contributed by atoms with Crippen LogP contribution in [0.2, 0.25) is 0 Å². The highest BCUT2D eigenvalue weighted by molar-refractivity contribution is 5.69. The van der Waals surface area contributed by atoms with Gasteiger partial charge in [0.1, 0.15) is 0 Å². The summed E-state index contributed by atoms with van der Waals surface area (Å²) >= 11 is 0. The monoisotopic (exact) mass is 410 g/mol. The minimum Gasteiger partial charge on any atom is -0.465 e. The lowest BCUT2D eigenvalue weighted by atomic mass is 9.94. The van der Waals surface area contributed by atoms with E-state index in [0.29, 0.717) is 18.9 Å². The lowest BCUT2D eigenvalue weighted by molar-refractivity contribution is -0.145. The second kappa shape index (κ2) is 22.2. The van der Waals surface area contributed by atoms with Crippen LogP contribution in [-0.2, 0) is 9.53 Å². The Labute approximate surface area is 184 Å².